The summed E-state index contributed by atoms with van der Waals surface area (Å²) < 4.78 is 23.9. The topological polar surface area (TPSA) is 78.0 Å². The van der Waals surface area contributed by atoms with Gasteiger partial charge in [0, 0.05) is 5.02 Å². The summed E-state index contributed by atoms with van der Waals surface area (Å²) in [5, 5.41) is 9.58. The molecular weight excluding hydrogens is 262 g/mol. The number of hydrogen-bond acceptors (Lipinski definition) is 3. The quantitative estimate of drug-likeness (QED) is 0.899. The van der Waals surface area contributed by atoms with Crippen LogP contribution in [0.4, 0.5) is 0 Å². The molecule has 2 N–H and O–H groups in total. The van der Waals surface area contributed by atoms with Crippen LogP contribution in [0.2, 0.25) is 5.02 Å². The lowest BCUT2D eigenvalue weighted by atomic mass is 10.2. The molecule has 7 heteroatoms. The maximum atomic E-state index is 11.3. The van der Waals surface area contributed by atoms with Gasteiger partial charge in [0.25, 0.3) is 10.0 Å². The number of aryl methyl sites for hydroxylation is 1. The molecule has 0 aliphatic heterocycles. The predicted molar refractivity (Wildman–Crippen MR) is 64.7 cm³/mol. The lowest BCUT2D eigenvalue weighted by Crippen LogP contribution is -2.17. The molecule has 0 fully saturated rings. The van der Waals surface area contributed by atoms with E-state index in [1.807, 2.05) is 6.92 Å². The lowest BCUT2D eigenvalue weighted by Gasteiger charge is -2.07. The van der Waals surface area contributed by atoms with Crippen molar-refractivity contribution < 1.29 is 8.42 Å². The van der Waals surface area contributed by atoms with E-state index in [0.29, 0.717) is 10.7 Å². The van der Waals surface area contributed by atoms with Gasteiger partial charge < -0.3 is 0 Å². The first-order chi connectivity index (χ1) is 7.89. The molecule has 0 saturated heterocycles. The standard InChI is InChI=1S/C10H10ClN3O2S/c1-7-6-8(2-3-9(7)11)14-10(4-5-13-14)17(12,15)16/h2-6H,1H3,(H2,12,15,16). The Morgan fingerprint density at radius 2 is 2.06 bits per heavy atom. The van der Waals surface area contributed by atoms with Gasteiger partial charge in [-0.1, -0.05) is 11.6 Å². The van der Waals surface area contributed by atoms with Crippen LogP contribution in [0.15, 0.2) is 35.5 Å². The Balaban J connectivity index is 2.62. The molecule has 0 amide bonds. The summed E-state index contributed by atoms with van der Waals surface area (Å²) in [6, 6.07) is 6.45. The zero-order valence-electron chi connectivity index (χ0n) is 8.96. The number of sulfonamides is 1. The van der Waals surface area contributed by atoms with E-state index in [1.165, 1.54) is 16.9 Å². The number of hydrogen-bond donors (Lipinski definition) is 1. The first-order valence-corrected chi connectivity index (χ1v) is 6.65. The number of aromatic nitrogens is 2. The highest BCUT2D eigenvalue weighted by atomic mass is 35.5. The van der Waals surface area contributed by atoms with Crippen LogP contribution in [0.5, 0.6) is 0 Å². The highest BCUT2D eigenvalue weighted by Crippen LogP contribution is 2.20. The van der Waals surface area contributed by atoms with Crippen LogP contribution in [0.1, 0.15) is 5.56 Å². The third-order valence-electron chi connectivity index (χ3n) is 2.29. The van der Waals surface area contributed by atoms with E-state index in [1.54, 1.807) is 18.2 Å². The molecule has 0 bridgehead atoms. The van der Waals surface area contributed by atoms with Crippen molar-refractivity contribution in [3.05, 3.63) is 41.0 Å². The van der Waals surface area contributed by atoms with Crippen molar-refractivity contribution in [3.63, 3.8) is 0 Å². The van der Waals surface area contributed by atoms with E-state index >= 15 is 0 Å². The van der Waals surface area contributed by atoms with Gasteiger partial charge in [-0.3, -0.25) is 0 Å². The maximum Gasteiger partial charge on any atom is 0.255 e. The molecule has 1 heterocycles. The predicted octanol–water partition coefficient (Wildman–Crippen LogP) is 1.48. The van der Waals surface area contributed by atoms with Gasteiger partial charge >= 0.3 is 0 Å². The molecule has 5 nitrogen and oxygen atoms in total. The molecule has 0 saturated carbocycles. The van der Waals surface area contributed by atoms with E-state index in [2.05, 4.69) is 5.10 Å². The van der Waals surface area contributed by atoms with E-state index < -0.39 is 10.0 Å². The number of benzene rings is 1. The van der Waals surface area contributed by atoms with Gasteiger partial charge in [-0.2, -0.15) is 5.10 Å². The molecule has 90 valence electrons. The molecule has 0 unspecified atom stereocenters. The normalized spacial score (nSPS) is 11.7. The monoisotopic (exact) mass is 271 g/mol. The molecule has 0 atom stereocenters. The molecule has 1 aromatic carbocycles. The van der Waals surface area contributed by atoms with Gasteiger partial charge in [-0.15, -0.1) is 0 Å². The largest absolute Gasteiger partial charge is 0.255 e. The van der Waals surface area contributed by atoms with E-state index in [4.69, 9.17) is 16.7 Å². The summed E-state index contributed by atoms with van der Waals surface area (Å²) in [4.78, 5) is 0. The van der Waals surface area contributed by atoms with Crippen molar-refractivity contribution in [1.82, 2.24) is 9.78 Å². The fourth-order valence-corrected chi connectivity index (χ4v) is 2.22. The Hall–Kier alpha value is -1.37. The first kappa shape index (κ1) is 12.1. The average Bonchev–Trinajstić information content (AvgIpc) is 2.70. The van der Waals surface area contributed by atoms with Crippen LogP contribution < -0.4 is 5.14 Å². The fraction of sp³-hybridized carbons (Fsp3) is 0.100. The molecule has 0 aliphatic carbocycles. The minimum absolute atomic E-state index is 0.0563. The van der Waals surface area contributed by atoms with Crippen molar-refractivity contribution >= 4 is 21.6 Å². The minimum Gasteiger partial charge on any atom is -0.223 e. The molecule has 2 rings (SSSR count). The molecule has 0 radical (unpaired) electrons. The number of halogens is 1. The maximum absolute atomic E-state index is 11.3. The Kier molecular flexibility index (Phi) is 2.94. The Morgan fingerprint density at radius 3 is 2.65 bits per heavy atom. The van der Waals surface area contributed by atoms with Gasteiger partial charge in [0.15, 0.2) is 5.03 Å². The molecule has 2 aromatic rings. The van der Waals surface area contributed by atoms with Gasteiger partial charge in [0.2, 0.25) is 0 Å². The number of rotatable bonds is 2. The average molecular weight is 272 g/mol. The fourth-order valence-electron chi connectivity index (χ4n) is 1.46. The molecule has 1 aromatic heterocycles. The van der Waals surface area contributed by atoms with Crippen molar-refractivity contribution in [1.29, 1.82) is 0 Å². The first-order valence-electron chi connectivity index (χ1n) is 4.73. The van der Waals surface area contributed by atoms with Crippen molar-refractivity contribution in [2.45, 2.75) is 11.9 Å². The second-order valence-corrected chi connectivity index (χ2v) is 5.48. The summed E-state index contributed by atoms with van der Waals surface area (Å²) in [6.07, 6.45) is 1.38. The van der Waals surface area contributed by atoms with Gasteiger partial charge in [-0.05, 0) is 36.8 Å². The summed E-state index contributed by atoms with van der Waals surface area (Å²) >= 11 is 5.90. The van der Waals surface area contributed by atoms with Crippen molar-refractivity contribution in [2.24, 2.45) is 5.14 Å². The summed E-state index contributed by atoms with van der Waals surface area (Å²) in [5.41, 5.74) is 1.43. The molecule has 17 heavy (non-hydrogen) atoms. The molecule has 0 aliphatic rings. The Morgan fingerprint density at radius 1 is 1.35 bits per heavy atom. The van der Waals surface area contributed by atoms with Crippen molar-refractivity contribution in [3.8, 4) is 5.69 Å². The smallest absolute Gasteiger partial charge is 0.223 e. The minimum atomic E-state index is -3.79. The van der Waals surface area contributed by atoms with Crippen LogP contribution in [0.25, 0.3) is 5.69 Å². The zero-order valence-corrected chi connectivity index (χ0v) is 10.5. The van der Waals surface area contributed by atoms with Gasteiger partial charge in [-0.25, -0.2) is 18.2 Å². The summed E-state index contributed by atoms with van der Waals surface area (Å²) in [6.45, 7) is 1.83. The van der Waals surface area contributed by atoms with Crippen LogP contribution in [0, 0.1) is 6.92 Å². The SMILES string of the molecule is Cc1cc(-n2nccc2S(N)(=O)=O)ccc1Cl. The highest BCUT2D eigenvalue weighted by Gasteiger charge is 2.15. The number of primary sulfonamides is 1. The summed E-state index contributed by atoms with van der Waals surface area (Å²) in [5.74, 6) is 0. The molecular formula is C10H10ClN3O2S. The van der Waals surface area contributed by atoms with E-state index in [9.17, 15) is 8.42 Å². The third kappa shape index (κ3) is 2.33. The molecule has 0 spiro atoms. The Labute approximate surface area is 104 Å². The van der Waals surface area contributed by atoms with Gasteiger partial charge in [0.1, 0.15) is 0 Å². The van der Waals surface area contributed by atoms with Crippen LogP contribution >= 0.6 is 11.6 Å². The third-order valence-corrected chi connectivity index (χ3v) is 3.60. The van der Waals surface area contributed by atoms with Crippen molar-refractivity contribution in [2.75, 3.05) is 0 Å². The second-order valence-electron chi connectivity index (χ2n) is 3.56. The zero-order chi connectivity index (χ0) is 12.6. The summed E-state index contributed by atoms with van der Waals surface area (Å²) in [7, 11) is -3.79. The Bertz CT molecular complexity index is 664. The highest BCUT2D eigenvalue weighted by molar-refractivity contribution is 7.89. The number of nitrogens with zero attached hydrogens (tertiary/aromatic N) is 2. The van der Waals surface area contributed by atoms with Gasteiger partial charge in [0.05, 0.1) is 11.9 Å². The van der Waals surface area contributed by atoms with E-state index in [0.717, 1.165) is 5.56 Å². The van der Waals surface area contributed by atoms with E-state index in [-0.39, 0.29) is 5.03 Å². The number of nitrogens with two attached hydrogens (primary N) is 1. The second kappa shape index (κ2) is 4.14. The van der Waals surface area contributed by atoms with Crippen LogP contribution in [-0.4, -0.2) is 18.2 Å². The van der Waals surface area contributed by atoms with Crippen LogP contribution in [0.3, 0.4) is 0 Å². The van der Waals surface area contributed by atoms with Crippen LogP contribution in [-0.2, 0) is 10.0 Å². The lowest BCUT2D eigenvalue weighted by molar-refractivity contribution is 0.587.